The zero-order valence-electron chi connectivity index (χ0n) is 13.9. The Morgan fingerprint density at radius 2 is 2.15 bits per heavy atom. The first-order chi connectivity index (χ1) is 12.5. The summed E-state index contributed by atoms with van der Waals surface area (Å²) in [5, 5.41) is 21.8. The lowest BCUT2D eigenvalue weighted by Crippen LogP contribution is -2.23. The maximum atomic E-state index is 12.1. The van der Waals surface area contributed by atoms with Gasteiger partial charge in [-0.05, 0) is 12.1 Å². The Labute approximate surface area is 148 Å². The minimum absolute atomic E-state index is 0.0548. The molecule has 2 aromatic heterocycles. The van der Waals surface area contributed by atoms with Crippen molar-refractivity contribution in [2.24, 2.45) is 7.05 Å². The molecule has 1 amide bonds. The third kappa shape index (κ3) is 4.04. The van der Waals surface area contributed by atoms with Crippen LogP contribution in [0.1, 0.15) is 16.1 Å². The number of hydrogen-bond donors (Lipinski definition) is 1. The Morgan fingerprint density at radius 1 is 1.35 bits per heavy atom. The summed E-state index contributed by atoms with van der Waals surface area (Å²) in [6.45, 7) is 0.285. The molecule has 0 aliphatic rings. The van der Waals surface area contributed by atoms with Crippen LogP contribution in [0.15, 0.2) is 48.9 Å². The van der Waals surface area contributed by atoms with Gasteiger partial charge in [-0.15, -0.1) is 0 Å². The third-order valence-corrected chi connectivity index (χ3v) is 3.50. The van der Waals surface area contributed by atoms with E-state index >= 15 is 0 Å². The fourth-order valence-corrected chi connectivity index (χ4v) is 2.26. The van der Waals surface area contributed by atoms with E-state index in [0.717, 1.165) is 5.56 Å². The second kappa shape index (κ2) is 7.47. The number of carbonyl (C=O) groups is 1. The minimum atomic E-state index is -0.518. The van der Waals surface area contributed by atoms with Gasteiger partial charge < -0.3 is 10.1 Å². The van der Waals surface area contributed by atoms with E-state index in [2.05, 4.69) is 15.5 Å². The molecule has 0 bridgehead atoms. The van der Waals surface area contributed by atoms with E-state index in [1.807, 2.05) is 0 Å². The van der Waals surface area contributed by atoms with Gasteiger partial charge in [0.1, 0.15) is 5.69 Å². The van der Waals surface area contributed by atoms with Crippen molar-refractivity contribution in [1.29, 1.82) is 0 Å². The van der Waals surface area contributed by atoms with Crippen LogP contribution in [0.4, 0.5) is 5.69 Å². The van der Waals surface area contributed by atoms with Crippen molar-refractivity contribution < 1.29 is 14.5 Å². The van der Waals surface area contributed by atoms with Crippen LogP contribution in [0.2, 0.25) is 0 Å². The zero-order chi connectivity index (χ0) is 18.5. The van der Waals surface area contributed by atoms with E-state index in [0.29, 0.717) is 6.54 Å². The highest BCUT2D eigenvalue weighted by atomic mass is 16.6. The Kier molecular flexibility index (Phi) is 4.92. The van der Waals surface area contributed by atoms with Gasteiger partial charge in [0, 0.05) is 37.6 Å². The smallest absolute Gasteiger partial charge is 0.311 e. The molecular weight excluding hydrogens is 340 g/mol. The van der Waals surface area contributed by atoms with E-state index in [-0.39, 0.29) is 29.8 Å². The SMILES string of the molecule is Cn1cc(CNC(=O)c2ccn(COc3ccccc3[N+](=O)[O-])n2)cn1. The highest BCUT2D eigenvalue weighted by Crippen LogP contribution is 2.25. The maximum absolute atomic E-state index is 12.1. The average molecular weight is 356 g/mol. The summed E-state index contributed by atoms with van der Waals surface area (Å²) in [4.78, 5) is 22.6. The molecular formula is C16H16N6O4. The summed E-state index contributed by atoms with van der Waals surface area (Å²) in [6, 6.07) is 7.60. The predicted molar refractivity (Wildman–Crippen MR) is 90.3 cm³/mol. The number of ether oxygens (including phenoxy) is 1. The monoisotopic (exact) mass is 356 g/mol. The Morgan fingerprint density at radius 3 is 2.88 bits per heavy atom. The predicted octanol–water partition coefficient (Wildman–Crippen LogP) is 1.49. The summed E-state index contributed by atoms with van der Waals surface area (Å²) in [5.41, 5.74) is 0.967. The molecule has 1 aromatic carbocycles. The number of nitrogens with zero attached hydrogens (tertiary/aromatic N) is 5. The van der Waals surface area contributed by atoms with Gasteiger partial charge in [0.25, 0.3) is 5.91 Å². The van der Waals surface area contributed by atoms with Gasteiger partial charge in [-0.3, -0.25) is 19.6 Å². The van der Waals surface area contributed by atoms with Crippen molar-refractivity contribution in [3.05, 3.63) is 70.3 Å². The molecule has 0 unspecified atom stereocenters. The van der Waals surface area contributed by atoms with E-state index < -0.39 is 4.92 Å². The quantitative estimate of drug-likeness (QED) is 0.506. The Bertz CT molecular complexity index is 932. The van der Waals surface area contributed by atoms with Crippen molar-refractivity contribution >= 4 is 11.6 Å². The van der Waals surface area contributed by atoms with E-state index in [1.54, 1.807) is 48.5 Å². The number of aromatic nitrogens is 4. The van der Waals surface area contributed by atoms with E-state index in [1.165, 1.54) is 16.8 Å². The Balaban J connectivity index is 1.58. The van der Waals surface area contributed by atoms with Gasteiger partial charge >= 0.3 is 5.69 Å². The molecule has 0 aliphatic carbocycles. The van der Waals surface area contributed by atoms with E-state index in [4.69, 9.17) is 4.74 Å². The molecule has 0 saturated carbocycles. The van der Waals surface area contributed by atoms with Crippen molar-refractivity contribution in [2.75, 3.05) is 0 Å². The molecule has 0 saturated heterocycles. The van der Waals surface area contributed by atoms with Crippen molar-refractivity contribution in [1.82, 2.24) is 24.9 Å². The second-order valence-corrected chi connectivity index (χ2v) is 5.44. The number of para-hydroxylation sites is 2. The molecule has 10 heteroatoms. The average Bonchev–Trinajstić information content (AvgIpc) is 3.27. The van der Waals surface area contributed by atoms with Crippen LogP contribution in [0.5, 0.6) is 5.75 Å². The van der Waals surface area contributed by atoms with Crippen molar-refractivity contribution in [3.63, 3.8) is 0 Å². The van der Waals surface area contributed by atoms with Crippen LogP contribution in [-0.4, -0.2) is 30.4 Å². The number of nitro benzene ring substituents is 1. The second-order valence-electron chi connectivity index (χ2n) is 5.44. The fourth-order valence-electron chi connectivity index (χ4n) is 2.26. The molecule has 0 aliphatic heterocycles. The van der Waals surface area contributed by atoms with Gasteiger partial charge in [-0.2, -0.15) is 10.2 Å². The molecule has 3 rings (SSSR count). The van der Waals surface area contributed by atoms with Crippen LogP contribution in [0.25, 0.3) is 0 Å². The van der Waals surface area contributed by atoms with Crippen LogP contribution in [0, 0.1) is 10.1 Å². The first-order valence-corrected chi connectivity index (χ1v) is 7.68. The van der Waals surface area contributed by atoms with Gasteiger partial charge in [-0.25, -0.2) is 4.68 Å². The molecule has 1 N–H and O–H groups in total. The molecule has 26 heavy (non-hydrogen) atoms. The van der Waals surface area contributed by atoms with Gasteiger partial charge in [-0.1, -0.05) is 12.1 Å². The number of hydrogen-bond acceptors (Lipinski definition) is 6. The molecule has 0 spiro atoms. The third-order valence-electron chi connectivity index (χ3n) is 3.50. The van der Waals surface area contributed by atoms with Gasteiger partial charge in [0.15, 0.2) is 12.5 Å². The highest BCUT2D eigenvalue weighted by Gasteiger charge is 2.14. The summed E-state index contributed by atoms with van der Waals surface area (Å²) in [7, 11) is 1.80. The molecule has 0 fully saturated rings. The first-order valence-electron chi connectivity index (χ1n) is 7.68. The topological polar surface area (TPSA) is 117 Å². The number of nitrogens with one attached hydrogen (secondary N) is 1. The molecule has 3 aromatic rings. The number of nitro groups is 1. The molecule has 0 radical (unpaired) electrons. The number of benzene rings is 1. The van der Waals surface area contributed by atoms with Crippen LogP contribution in [-0.2, 0) is 20.3 Å². The van der Waals surface area contributed by atoms with Crippen LogP contribution in [0.3, 0.4) is 0 Å². The lowest BCUT2D eigenvalue weighted by atomic mass is 10.3. The highest BCUT2D eigenvalue weighted by molar-refractivity contribution is 5.92. The standard InChI is InChI=1S/C16H16N6O4/c1-20-10-12(9-18-20)8-17-16(23)13-6-7-21(19-13)11-26-15-5-3-2-4-14(15)22(24)25/h2-7,9-10H,8,11H2,1H3,(H,17,23). The van der Waals surface area contributed by atoms with Crippen molar-refractivity contribution in [3.8, 4) is 5.75 Å². The van der Waals surface area contributed by atoms with E-state index in [9.17, 15) is 14.9 Å². The maximum Gasteiger partial charge on any atom is 0.311 e. The van der Waals surface area contributed by atoms with Crippen molar-refractivity contribution in [2.45, 2.75) is 13.3 Å². The minimum Gasteiger partial charge on any atom is -0.464 e. The zero-order valence-corrected chi connectivity index (χ0v) is 13.9. The molecule has 10 nitrogen and oxygen atoms in total. The fraction of sp³-hybridized carbons (Fsp3) is 0.188. The summed E-state index contributed by atoms with van der Waals surface area (Å²) in [6.07, 6.45) is 5.03. The van der Waals surface area contributed by atoms with Gasteiger partial charge in [0.05, 0.1) is 11.1 Å². The lowest BCUT2D eigenvalue weighted by Gasteiger charge is -2.06. The normalized spacial score (nSPS) is 10.5. The van der Waals surface area contributed by atoms with Gasteiger partial charge in [0.2, 0.25) is 0 Å². The Hall–Kier alpha value is -3.69. The molecule has 134 valence electrons. The first kappa shape index (κ1) is 17.1. The number of amides is 1. The number of aryl methyl sites for hydroxylation is 1. The largest absolute Gasteiger partial charge is 0.464 e. The summed E-state index contributed by atoms with van der Waals surface area (Å²) < 4.78 is 8.46. The summed E-state index contributed by atoms with van der Waals surface area (Å²) >= 11 is 0. The van der Waals surface area contributed by atoms with Crippen LogP contribution >= 0.6 is 0 Å². The lowest BCUT2D eigenvalue weighted by molar-refractivity contribution is -0.386. The number of rotatable bonds is 7. The van der Waals surface area contributed by atoms with Crippen LogP contribution < -0.4 is 10.1 Å². The number of carbonyl (C=O) groups excluding carboxylic acids is 1. The molecule has 0 atom stereocenters. The summed E-state index contributed by atoms with van der Waals surface area (Å²) in [5.74, 6) is -0.200. The molecule has 2 heterocycles.